The van der Waals surface area contributed by atoms with Crippen molar-refractivity contribution in [3.63, 3.8) is 0 Å². The normalized spacial score (nSPS) is 15.2. The number of carbonyl (C=O) groups excluding carboxylic acids is 3. The zero-order valence-corrected chi connectivity index (χ0v) is 24.9. The van der Waals surface area contributed by atoms with Gasteiger partial charge in [0.1, 0.15) is 0 Å². The summed E-state index contributed by atoms with van der Waals surface area (Å²) in [6.45, 7) is 1.62. The molecule has 46 heavy (non-hydrogen) atoms. The van der Waals surface area contributed by atoms with Crippen LogP contribution in [0.5, 0.6) is 0 Å². The van der Waals surface area contributed by atoms with Crippen LogP contribution in [-0.2, 0) is 22.6 Å². The maximum Gasteiger partial charge on any atom is 0.261 e. The molecule has 0 bridgehead atoms. The number of anilines is 1. The summed E-state index contributed by atoms with van der Waals surface area (Å²) in [7, 11) is 0. The molecule has 1 aromatic heterocycles. The fourth-order valence-corrected chi connectivity index (χ4v) is 5.75. The van der Waals surface area contributed by atoms with Gasteiger partial charge in [-0.2, -0.15) is 0 Å². The molecule has 0 saturated heterocycles. The lowest BCUT2D eigenvalue weighted by molar-refractivity contribution is -0.117. The third-order valence-corrected chi connectivity index (χ3v) is 8.25. The summed E-state index contributed by atoms with van der Waals surface area (Å²) in [6, 6.07) is 20.5. The Labute approximate surface area is 263 Å². The Morgan fingerprint density at radius 2 is 1.78 bits per heavy atom. The van der Waals surface area contributed by atoms with Crippen LogP contribution in [0.3, 0.4) is 0 Å². The predicted molar refractivity (Wildman–Crippen MR) is 172 cm³/mol. The molecule has 4 aromatic rings. The molecule has 0 unspecified atom stereocenters. The van der Waals surface area contributed by atoms with Crippen LogP contribution in [0.15, 0.2) is 106 Å². The average Bonchev–Trinajstić information content (AvgIpc) is 3.67. The third-order valence-electron chi connectivity index (χ3n) is 8.25. The van der Waals surface area contributed by atoms with E-state index in [2.05, 4.69) is 10.3 Å². The molecule has 1 amide bonds. The van der Waals surface area contributed by atoms with E-state index in [1.807, 2.05) is 12.1 Å². The summed E-state index contributed by atoms with van der Waals surface area (Å²) in [5.41, 5.74) is 4.34. The lowest BCUT2D eigenvalue weighted by Gasteiger charge is -2.18. The Morgan fingerprint density at radius 1 is 0.978 bits per heavy atom. The quantitative estimate of drug-likeness (QED) is 0.175. The Kier molecular flexibility index (Phi) is 8.48. The van der Waals surface area contributed by atoms with Gasteiger partial charge in [-0.1, -0.05) is 42.5 Å². The van der Waals surface area contributed by atoms with Gasteiger partial charge in [0, 0.05) is 48.6 Å². The molecule has 0 radical (unpaired) electrons. The summed E-state index contributed by atoms with van der Waals surface area (Å²) in [6.07, 6.45) is 5.95. The monoisotopic (exact) mass is 617 g/mol. The van der Waals surface area contributed by atoms with E-state index in [0.29, 0.717) is 34.5 Å². The zero-order chi connectivity index (χ0) is 32.4. The molecule has 1 atom stereocenters. The second-order valence-corrected chi connectivity index (χ2v) is 11.4. The van der Waals surface area contributed by atoms with Gasteiger partial charge >= 0.3 is 0 Å². The van der Waals surface area contributed by atoms with Crippen LogP contribution in [0.2, 0.25) is 0 Å². The SMILES string of the molecule is Cc1ccc(C(=O)C[C@@H](C(=O)Nc2ccc3c(c2)/C(=C/C2=CN=CC2)C(=O)C3)c2ccccc2)c(=O)n1Cc1ccc(F)c(F)c1. The number of amides is 1. The zero-order valence-electron chi connectivity index (χ0n) is 24.9. The summed E-state index contributed by atoms with van der Waals surface area (Å²) in [5, 5.41) is 2.92. The molecule has 2 aliphatic rings. The van der Waals surface area contributed by atoms with E-state index in [-0.39, 0.29) is 30.7 Å². The molecule has 1 aliphatic heterocycles. The average molecular weight is 618 g/mol. The molecule has 7 nitrogen and oxygen atoms in total. The number of carbonyl (C=O) groups is 3. The molecule has 1 N–H and O–H groups in total. The molecule has 0 spiro atoms. The van der Waals surface area contributed by atoms with Crippen LogP contribution >= 0.6 is 0 Å². The topological polar surface area (TPSA) is 97.6 Å². The largest absolute Gasteiger partial charge is 0.326 e. The number of fused-ring (bicyclic) bond motifs is 1. The fraction of sp³-hybridized carbons (Fsp3) is 0.162. The van der Waals surface area contributed by atoms with E-state index in [4.69, 9.17) is 0 Å². The number of nitrogens with one attached hydrogen (secondary N) is 1. The first kappa shape index (κ1) is 30.5. The predicted octanol–water partition coefficient (Wildman–Crippen LogP) is 6.35. The second-order valence-electron chi connectivity index (χ2n) is 11.4. The van der Waals surface area contributed by atoms with Gasteiger partial charge in [0.15, 0.2) is 23.2 Å². The van der Waals surface area contributed by atoms with E-state index in [1.54, 1.807) is 67.9 Å². The number of nitrogens with zero attached hydrogens (tertiary/aromatic N) is 2. The van der Waals surface area contributed by atoms with Gasteiger partial charge in [0.25, 0.3) is 5.56 Å². The number of benzene rings is 3. The van der Waals surface area contributed by atoms with Gasteiger partial charge in [-0.05, 0) is 77.2 Å². The first-order valence-corrected chi connectivity index (χ1v) is 14.8. The molecule has 230 valence electrons. The number of hydrogen-bond acceptors (Lipinski definition) is 5. The molecule has 6 rings (SSSR count). The highest BCUT2D eigenvalue weighted by atomic mass is 19.2. The number of rotatable bonds is 9. The minimum atomic E-state index is -1.03. The number of aliphatic imine (C=N–C) groups is 1. The van der Waals surface area contributed by atoms with Crippen molar-refractivity contribution >= 4 is 34.9 Å². The van der Waals surface area contributed by atoms with E-state index in [0.717, 1.165) is 28.8 Å². The Bertz CT molecular complexity index is 2040. The summed E-state index contributed by atoms with van der Waals surface area (Å²) >= 11 is 0. The molecule has 0 saturated carbocycles. The molecule has 9 heteroatoms. The van der Waals surface area contributed by atoms with Gasteiger partial charge in [-0.3, -0.25) is 24.2 Å². The lowest BCUT2D eigenvalue weighted by atomic mass is 9.90. The van der Waals surface area contributed by atoms with Crippen molar-refractivity contribution in [2.75, 3.05) is 5.32 Å². The van der Waals surface area contributed by atoms with Crippen molar-refractivity contribution in [2.24, 2.45) is 4.99 Å². The van der Waals surface area contributed by atoms with Crippen LogP contribution in [0.25, 0.3) is 5.57 Å². The fourth-order valence-electron chi connectivity index (χ4n) is 5.75. The number of aryl methyl sites for hydroxylation is 1. The van der Waals surface area contributed by atoms with Gasteiger partial charge < -0.3 is 9.88 Å². The number of pyridine rings is 1. The molecular weight excluding hydrogens is 588 g/mol. The van der Waals surface area contributed by atoms with Crippen LogP contribution in [0.1, 0.15) is 57.1 Å². The Balaban J connectivity index is 1.26. The van der Waals surface area contributed by atoms with Crippen molar-refractivity contribution in [1.29, 1.82) is 0 Å². The van der Waals surface area contributed by atoms with Crippen molar-refractivity contribution in [3.8, 4) is 0 Å². The van der Waals surface area contributed by atoms with E-state index >= 15 is 0 Å². The van der Waals surface area contributed by atoms with Crippen LogP contribution < -0.4 is 10.9 Å². The van der Waals surface area contributed by atoms with Gasteiger partial charge in [0.05, 0.1) is 18.0 Å². The minimum Gasteiger partial charge on any atom is -0.326 e. The van der Waals surface area contributed by atoms with Crippen molar-refractivity contribution in [2.45, 2.75) is 38.6 Å². The molecule has 0 fully saturated rings. The van der Waals surface area contributed by atoms with E-state index in [9.17, 15) is 28.0 Å². The van der Waals surface area contributed by atoms with Crippen LogP contribution in [0.4, 0.5) is 14.5 Å². The van der Waals surface area contributed by atoms with Crippen molar-refractivity contribution in [1.82, 2.24) is 4.57 Å². The molecule has 3 aromatic carbocycles. The minimum absolute atomic E-state index is 0.00708. The maximum atomic E-state index is 13.8. The standard InChI is InChI=1S/C37H29F2N3O4/c1-22-7-11-28(37(46)42(22)21-24-8-12-32(38)33(39)16-24)35(44)19-30(25-5-3-2-4-6-25)36(45)41-27-10-9-26-17-34(43)31(29(26)18-27)15-23-13-14-40-20-23/h2-12,14-16,18,20,30H,13,17,19,21H2,1H3,(H,41,45)/b31-15-/t30-/m1/s1. The van der Waals surface area contributed by atoms with E-state index < -0.39 is 34.8 Å². The van der Waals surface area contributed by atoms with Crippen molar-refractivity contribution < 1.29 is 23.2 Å². The van der Waals surface area contributed by atoms with Gasteiger partial charge in [0.2, 0.25) is 5.91 Å². The Hall–Kier alpha value is -5.57. The third kappa shape index (κ3) is 6.30. The number of ketones is 2. The summed E-state index contributed by atoms with van der Waals surface area (Å²) in [4.78, 5) is 57.8. The number of halogens is 2. The van der Waals surface area contributed by atoms with Crippen LogP contribution in [0, 0.1) is 18.6 Å². The second kappa shape index (κ2) is 12.8. The lowest BCUT2D eigenvalue weighted by Crippen LogP contribution is -2.30. The van der Waals surface area contributed by atoms with Crippen LogP contribution in [-0.4, -0.2) is 28.3 Å². The van der Waals surface area contributed by atoms with Crippen molar-refractivity contribution in [3.05, 3.63) is 152 Å². The molecule has 2 heterocycles. The number of Topliss-reactive ketones (excluding diaryl/α,β-unsaturated/α-hetero) is 2. The summed E-state index contributed by atoms with van der Waals surface area (Å²) in [5.74, 6) is -3.95. The highest BCUT2D eigenvalue weighted by molar-refractivity contribution is 6.26. The maximum absolute atomic E-state index is 13.8. The number of hydrogen-bond donors (Lipinski definition) is 1. The van der Waals surface area contributed by atoms with Gasteiger partial charge in [-0.25, -0.2) is 8.78 Å². The first-order valence-electron chi connectivity index (χ1n) is 14.8. The molecule has 1 aliphatic carbocycles. The Morgan fingerprint density at radius 3 is 2.52 bits per heavy atom. The number of allylic oxidation sites excluding steroid dienone is 3. The van der Waals surface area contributed by atoms with Gasteiger partial charge in [-0.15, -0.1) is 0 Å². The summed E-state index contributed by atoms with van der Waals surface area (Å²) < 4.78 is 28.6. The number of aromatic nitrogens is 1. The first-order chi connectivity index (χ1) is 22.2. The van der Waals surface area contributed by atoms with E-state index in [1.165, 1.54) is 16.7 Å². The molecular formula is C37H29F2N3O4. The highest BCUT2D eigenvalue weighted by Gasteiger charge is 2.28. The smallest absolute Gasteiger partial charge is 0.261 e. The highest BCUT2D eigenvalue weighted by Crippen LogP contribution is 2.34.